The topological polar surface area (TPSA) is 438 Å². The molecule has 0 spiro atoms. The van der Waals surface area contributed by atoms with Crippen LogP contribution in [0.4, 0.5) is 0 Å². The number of guanidine groups is 1. The van der Waals surface area contributed by atoms with Crippen LogP contribution in [0, 0.1) is 0 Å². The number of aliphatic carboxylic acids is 1. The number of nitrogens with one attached hydrogen (secondary N) is 11. The largest absolute Gasteiger partial charge is 0.480 e. The van der Waals surface area contributed by atoms with E-state index in [0.29, 0.717) is 29.7 Å². The van der Waals surface area contributed by atoms with E-state index in [1.54, 1.807) is 42.6 Å². The SMILES string of the molecule is CCCC[C@H](NC(=O)[C@H](CO)NC(C)=O)C(=O)N[C@H]1CC(=O)ONCCCC[C@@H](C(=O)O)NC(=O)[C@H](Cc2c[nH]c3ccccc23)NC(=O)[C@H](CCCN=C(N)N)NC(=O)[C@@H](Cc2ccccc2)NC(=O)[C@H](Cc2cnc[nH]2)NC1=O. The second-order valence-corrected chi connectivity index (χ2v) is 19.4. The van der Waals surface area contributed by atoms with Crippen LogP contribution in [0.15, 0.2) is 78.3 Å². The summed E-state index contributed by atoms with van der Waals surface area (Å²) >= 11 is 0. The number of aromatic amines is 2. The zero-order valence-electron chi connectivity index (χ0n) is 45.1. The summed E-state index contributed by atoms with van der Waals surface area (Å²) in [5, 5.41) is 41.4. The van der Waals surface area contributed by atoms with Gasteiger partial charge in [-0.05, 0) is 55.7 Å². The molecule has 0 bridgehead atoms. The van der Waals surface area contributed by atoms with E-state index in [1.807, 2.05) is 25.1 Å². The number of aliphatic hydroxyl groups excluding tert-OH is 1. The van der Waals surface area contributed by atoms with Crippen molar-refractivity contribution < 1.29 is 63.0 Å². The van der Waals surface area contributed by atoms with Crippen molar-refractivity contribution in [2.45, 2.75) is 139 Å². The van der Waals surface area contributed by atoms with Crippen LogP contribution < -0.4 is 59.5 Å². The smallest absolute Gasteiger partial charge is 0.327 e. The molecule has 2 aromatic heterocycles. The van der Waals surface area contributed by atoms with Crippen molar-refractivity contribution in [3.8, 4) is 0 Å². The average Bonchev–Trinajstić information content (AvgIpc) is 4.12. The van der Waals surface area contributed by atoms with Crippen molar-refractivity contribution in [1.29, 1.82) is 0 Å². The number of carboxylic acid groups (broad SMARTS) is 1. The molecule has 1 aliphatic heterocycles. The summed E-state index contributed by atoms with van der Waals surface area (Å²) in [6.45, 7) is 2.10. The van der Waals surface area contributed by atoms with Gasteiger partial charge in [0.15, 0.2) is 5.96 Å². The lowest BCUT2D eigenvalue weighted by atomic mass is 10.0. The number of nitrogens with zero attached hydrogens (tertiary/aromatic N) is 2. The number of para-hydroxylation sites is 1. The van der Waals surface area contributed by atoms with E-state index in [9.17, 15) is 58.2 Å². The summed E-state index contributed by atoms with van der Waals surface area (Å²) in [7, 11) is 0. The number of H-pyrrole nitrogens is 2. The zero-order chi connectivity index (χ0) is 58.8. The number of aromatic nitrogens is 3. The highest BCUT2D eigenvalue weighted by Crippen LogP contribution is 2.20. The maximum Gasteiger partial charge on any atom is 0.327 e. The Labute approximate surface area is 466 Å². The molecule has 1 aliphatic rings. The minimum Gasteiger partial charge on any atom is -0.480 e. The molecule has 1 fully saturated rings. The Morgan fingerprint density at radius 3 is 2.09 bits per heavy atom. The van der Waals surface area contributed by atoms with Crippen LogP contribution in [0.25, 0.3) is 10.9 Å². The van der Waals surface area contributed by atoms with Crippen LogP contribution in [-0.2, 0) is 72.0 Å². The molecule has 0 radical (unpaired) electrons. The van der Waals surface area contributed by atoms with Gasteiger partial charge in [0.05, 0.1) is 19.4 Å². The maximum atomic E-state index is 14.8. The fourth-order valence-electron chi connectivity index (χ4n) is 8.76. The summed E-state index contributed by atoms with van der Waals surface area (Å²) in [6, 6.07) is 3.77. The molecule has 4 aromatic rings. The Bertz CT molecular complexity index is 2810. The van der Waals surface area contributed by atoms with Crippen molar-refractivity contribution in [3.05, 3.63) is 90.1 Å². The fraction of sp³-hybridized carbons (Fsp3) is 0.472. The number of hydrogen-bond donors (Lipinski definition) is 15. The molecule has 17 N–H and O–H groups in total. The third-order valence-electron chi connectivity index (χ3n) is 13.0. The van der Waals surface area contributed by atoms with Crippen LogP contribution in [0.5, 0.6) is 0 Å². The van der Waals surface area contributed by atoms with Gasteiger partial charge in [0.1, 0.15) is 48.3 Å². The van der Waals surface area contributed by atoms with E-state index in [-0.39, 0.29) is 76.8 Å². The molecule has 438 valence electrons. The van der Waals surface area contributed by atoms with E-state index < -0.39 is 121 Å². The highest BCUT2D eigenvalue weighted by Gasteiger charge is 2.36. The Hall–Kier alpha value is -8.92. The number of imidazole rings is 1. The number of hydrogen-bond acceptors (Lipinski definition) is 15. The number of benzene rings is 2. The van der Waals surface area contributed by atoms with E-state index in [0.717, 1.165) is 17.8 Å². The van der Waals surface area contributed by atoms with Crippen LogP contribution >= 0.6 is 0 Å². The normalized spacial score (nSPS) is 21.0. The minimum absolute atomic E-state index is 0.0130. The molecule has 1 saturated heterocycles. The van der Waals surface area contributed by atoms with E-state index >= 15 is 0 Å². The molecule has 5 rings (SSSR count). The van der Waals surface area contributed by atoms with Crippen molar-refractivity contribution >= 4 is 76.1 Å². The van der Waals surface area contributed by atoms with Crippen molar-refractivity contribution in [2.24, 2.45) is 16.5 Å². The van der Waals surface area contributed by atoms with Gasteiger partial charge in [-0.2, -0.15) is 5.48 Å². The quantitative estimate of drug-likeness (QED) is 0.0253. The number of unbranched alkanes of at least 4 members (excludes halogenated alkanes) is 1. The minimum atomic E-state index is -1.80. The van der Waals surface area contributed by atoms with Crippen LogP contribution in [0.1, 0.15) is 88.5 Å². The van der Waals surface area contributed by atoms with E-state index in [2.05, 4.69) is 68.0 Å². The number of hydroxylamine groups is 1. The molecule has 2 aromatic carbocycles. The lowest BCUT2D eigenvalue weighted by Crippen LogP contribution is -2.61. The second kappa shape index (κ2) is 32.2. The number of aliphatic imine (C=N–C) groups is 1. The maximum absolute atomic E-state index is 14.8. The number of carboxylic acids is 1. The summed E-state index contributed by atoms with van der Waals surface area (Å²) in [4.78, 5) is 157. The Kier molecular flexibility index (Phi) is 25.0. The Morgan fingerprint density at radius 1 is 0.765 bits per heavy atom. The van der Waals surface area contributed by atoms with Crippen LogP contribution in [-0.4, -0.2) is 158 Å². The number of amides is 8. The highest BCUT2D eigenvalue weighted by molar-refractivity contribution is 5.99. The predicted molar refractivity (Wildman–Crippen MR) is 292 cm³/mol. The lowest BCUT2D eigenvalue weighted by molar-refractivity contribution is -0.153. The second-order valence-electron chi connectivity index (χ2n) is 19.4. The zero-order valence-corrected chi connectivity index (χ0v) is 45.1. The first kappa shape index (κ1) is 62.9. The van der Waals surface area contributed by atoms with Crippen LogP contribution in [0.2, 0.25) is 0 Å². The first-order valence-electron chi connectivity index (χ1n) is 26.6. The van der Waals surface area contributed by atoms with Crippen LogP contribution in [0.3, 0.4) is 0 Å². The van der Waals surface area contributed by atoms with Gasteiger partial charge < -0.3 is 79.0 Å². The molecule has 28 nitrogen and oxygen atoms in total. The Morgan fingerprint density at radius 2 is 1.42 bits per heavy atom. The molecule has 28 heteroatoms. The molecule has 0 aliphatic carbocycles. The number of nitrogens with two attached hydrogens (primary N) is 2. The van der Waals surface area contributed by atoms with Gasteiger partial charge in [0.2, 0.25) is 47.3 Å². The van der Waals surface area contributed by atoms with Gasteiger partial charge in [-0.1, -0.05) is 68.3 Å². The van der Waals surface area contributed by atoms with Gasteiger partial charge in [0, 0.05) is 68.3 Å². The van der Waals surface area contributed by atoms with E-state index in [4.69, 9.17) is 16.3 Å². The first-order chi connectivity index (χ1) is 38.8. The first-order valence-corrected chi connectivity index (χ1v) is 26.6. The summed E-state index contributed by atoms with van der Waals surface area (Å²) in [5.41, 5.74) is 15.9. The predicted octanol–water partition coefficient (Wildman–Crippen LogP) is -2.24. The molecule has 81 heavy (non-hydrogen) atoms. The van der Waals surface area contributed by atoms with E-state index in [1.165, 1.54) is 12.5 Å². The number of rotatable bonds is 20. The average molecular weight is 1130 g/mol. The van der Waals surface area contributed by atoms with Crippen molar-refractivity contribution in [3.63, 3.8) is 0 Å². The number of carbonyl (C=O) groups is 10. The van der Waals surface area contributed by atoms with Crippen molar-refractivity contribution in [1.82, 2.24) is 63.0 Å². The van der Waals surface area contributed by atoms with Gasteiger partial charge in [-0.25, -0.2) is 9.78 Å². The number of fused-ring (bicyclic) bond motifs is 1. The fourth-order valence-corrected chi connectivity index (χ4v) is 8.76. The lowest BCUT2D eigenvalue weighted by Gasteiger charge is -2.28. The highest BCUT2D eigenvalue weighted by atomic mass is 16.7. The molecule has 8 amide bonds. The summed E-state index contributed by atoms with van der Waals surface area (Å²) in [6.07, 6.45) is 4.10. The summed E-state index contributed by atoms with van der Waals surface area (Å²) in [5.74, 6) is -9.84. The Balaban J connectivity index is 1.54. The van der Waals surface area contributed by atoms with Gasteiger partial charge >= 0.3 is 11.9 Å². The molecule has 8 atom stereocenters. The summed E-state index contributed by atoms with van der Waals surface area (Å²) < 4.78 is 0. The molecule has 0 saturated carbocycles. The third-order valence-corrected chi connectivity index (χ3v) is 13.0. The number of carbonyl (C=O) groups excluding carboxylic acids is 9. The molecule has 0 unspecified atom stereocenters. The molecular formula is C53H73N15O13. The van der Waals surface area contributed by atoms with Crippen molar-refractivity contribution in [2.75, 3.05) is 19.7 Å². The van der Waals surface area contributed by atoms with Gasteiger partial charge in [-0.3, -0.25) is 48.1 Å². The third kappa shape index (κ3) is 20.7. The number of aliphatic hydroxyl groups is 1. The standard InChI is InChI=1S/C53H73N15O13/c1-3-4-16-36(63-51(78)43(28-69)61-30(2)70)45(72)68-42-25-44(71)81-60-21-11-10-18-38(52(79)80)64-48(75)40(23-32-26-58-35-17-9-8-15-34(32)35)66-46(73)37(19-12-20-57-53(54)55)62-47(74)39(22-31-13-6-5-7-14-31)65-49(76)41(67-50(42)77)24-33-27-56-29-59-33/h5-9,13-15,17,26-27,29,36-43,58,60,69H,3-4,10-12,16,18-25,28H2,1-2H3,(H,56,59)(H,61,70)(H,62,74)(H,63,78)(H,64,75)(H,65,76)(H,66,73)(H,67,77)(H,68,72)(H,79,80)(H4,54,55,57)/t36-,37-,38-,39+,40-,41-,42-,43-/m0/s1. The monoisotopic (exact) mass is 1130 g/mol. The molecule has 3 heterocycles. The van der Waals surface area contributed by atoms with Gasteiger partial charge in [-0.15, -0.1) is 0 Å². The molecular weight excluding hydrogens is 1050 g/mol. The van der Waals surface area contributed by atoms with Gasteiger partial charge in [0.25, 0.3) is 0 Å².